The smallest absolute Gasteiger partial charge is 0.484 e. The van der Waals surface area contributed by atoms with Crippen LogP contribution in [0.1, 0.15) is 12.8 Å². The summed E-state index contributed by atoms with van der Waals surface area (Å²) >= 11 is 0. The molecule has 1 heterocycles. The van der Waals surface area contributed by atoms with Crippen molar-refractivity contribution in [1.82, 2.24) is 0 Å². The van der Waals surface area contributed by atoms with Crippen molar-refractivity contribution in [2.75, 3.05) is 7.11 Å². The number of methoxy groups -OCH3 is 1. The molecule has 4 nitrogen and oxygen atoms in total. The minimum Gasteiger partial charge on any atom is -0.484 e. The second kappa shape index (κ2) is 4.84. The van der Waals surface area contributed by atoms with Gasteiger partial charge in [-0.25, -0.2) is 4.99 Å². The van der Waals surface area contributed by atoms with Crippen molar-refractivity contribution in [3.63, 3.8) is 0 Å². The third-order valence-corrected chi connectivity index (χ3v) is 1.73. The molecule has 0 aromatic rings. The van der Waals surface area contributed by atoms with E-state index in [0.717, 1.165) is 12.8 Å². The Kier molecular flexibility index (Phi) is 3.73. The molecule has 1 aliphatic heterocycles. The summed E-state index contributed by atoms with van der Waals surface area (Å²) in [5.74, 6) is 0.600. The van der Waals surface area contributed by atoms with Gasteiger partial charge in [0.25, 0.3) is 0 Å². The van der Waals surface area contributed by atoms with Gasteiger partial charge in [-0.3, -0.25) is 0 Å². The summed E-state index contributed by atoms with van der Waals surface area (Å²) in [4.78, 5) is 3.97. The van der Waals surface area contributed by atoms with Crippen molar-refractivity contribution in [3.05, 3.63) is 23.8 Å². The normalized spacial score (nSPS) is 27.3. The molecule has 2 N–H and O–H groups in total. The highest BCUT2D eigenvalue weighted by atomic mass is 16.5. The molecule has 0 saturated carbocycles. The Morgan fingerprint density at radius 3 is 2.92 bits per heavy atom. The van der Waals surface area contributed by atoms with Gasteiger partial charge in [-0.2, -0.15) is 0 Å². The molecule has 0 bridgehead atoms. The number of allylic oxidation sites excluding steroid dienone is 3. The number of nitrogens with zero attached hydrogens (tertiary/aromatic N) is 1. The minimum atomic E-state index is -1.48. The van der Waals surface area contributed by atoms with Crippen LogP contribution in [0.15, 0.2) is 28.8 Å². The first kappa shape index (κ1) is 10.0. The Labute approximate surface area is 77.4 Å². The van der Waals surface area contributed by atoms with Crippen LogP contribution >= 0.6 is 0 Å². The van der Waals surface area contributed by atoms with Gasteiger partial charge in [-0.1, -0.05) is 12.2 Å². The number of hydrogen-bond acceptors (Lipinski definition) is 4. The van der Waals surface area contributed by atoms with Gasteiger partial charge < -0.3 is 14.8 Å². The summed E-state index contributed by atoms with van der Waals surface area (Å²) in [6.07, 6.45) is 6.44. The molecule has 0 aliphatic carbocycles. The fraction of sp³-hybridized carbons (Fsp3) is 0.375. The number of aliphatic imine (C=N–C) groups is 1. The van der Waals surface area contributed by atoms with Crippen LogP contribution in [0, 0.1) is 0 Å². The molecular weight excluding hydrogens is 169 g/mol. The Morgan fingerprint density at radius 2 is 2.31 bits per heavy atom. The van der Waals surface area contributed by atoms with E-state index in [0.29, 0.717) is 11.4 Å². The highest BCUT2D eigenvalue weighted by molar-refractivity contribution is 6.51. The van der Waals surface area contributed by atoms with E-state index in [4.69, 9.17) is 14.8 Å². The summed E-state index contributed by atoms with van der Waals surface area (Å²) < 4.78 is 4.96. The molecule has 0 atom stereocenters. The van der Waals surface area contributed by atoms with Gasteiger partial charge in [0.05, 0.1) is 7.11 Å². The molecule has 0 aromatic heterocycles. The van der Waals surface area contributed by atoms with Crippen LogP contribution in [0.25, 0.3) is 0 Å². The maximum atomic E-state index is 8.88. The van der Waals surface area contributed by atoms with E-state index in [1.807, 2.05) is 6.08 Å². The Balaban J connectivity index is 2.81. The van der Waals surface area contributed by atoms with Crippen LogP contribution in [0.3, 0.4) is 0 Å². The zero-order chi connectivity index (χ0) is 9.68. The maximum Gasteiger partial charge on any atom is 0.489 e. The molecule has 0 amide bonds. The largest absolute Gasteiger partial charge is 0.489 e. The van der Waals surface area contributed by atoms with E-state index in [2.05, 4.69) is 4.99 Å². The van der Waals surface area contributed by atoms with E-state index in [1.165, 1.54) is 6.20 Å². The van der Waals surface area contributed by atoms with Gasteiger partial charge >= 0.3 is 7.12 Å². The fourth-order valence-corrected chi connectivity index (χ4v) is 0.988. The lowest BCUT2D eigenvalue weighted by Crippen LogP contribution is -2.14. The van der Waals surface area contributed by atoms with E-state index in [-0.39, 0.29) is 0 Å². The van der Waals surface area contributed by atoms with Gasteiger partial charge in [0.2, 0.25) is 0 Å². The third-order valence-electron chi connectivity index (χ3n) is 1.73. The zero-order valence-corrected chi connectivity index (χ0v) is 7.47. The Hall–Kier alpha value is -1.07. The SMILES string of the molecule is CO/C1=N/C=C(B(O)O)\C=C/CC1. The number of rotatable bonds is 1. The molecule has 1 aliphatic rings. The third kappa shape index (κ3) is 3.04. The Bertz CT molecular complexity index is 258. The fourth-order valence-electron chi connectivity index (χ4n) is 0.988. The maximum absolute atomic E-state index is 8.88. The van der Waals surface area contributed by atoms with Crippen molar-refractivity contribution in [2.45, 2.75) is 12.8 Å². The van der Waals surface area contributed by atoms with Crippen LogP contribution in [0.5, 0.6) is 0 Å². The first-order valence-electron chi connectivity index (χ1n) is 4.07. The molecule has 70 valence electrons. The Morgan fingerprint density at radius 1 is 1.54 bits per heavy atom. The van der Waals surface area contributed by atoms with Gasteiger partial charge in [-0.05, 0) is 6.42 Å². The second-order valence-corrected chi connectivity index (χ2v) is 2.67. The molecule has 1 rings (SSSR count). The standard InChI is InChI=1S/C8H12BNO3/c1-13-8-5-3-2-4-7(6-10-8)9(11)12/h2,4,6,11-12H,3,5H2,1H3/b4-2-,7-6+,10-8+. The minimum absolute atomic E-state index is 0.370. The van der Waals surface area contributed by atoms with Crippen molar-refractivity contribution >= 4 is 13.0 Å². The molecule has 5 heteroatoms. The molecule has 0 aromatic carbocycles. The van der Waals surface area contributed by atoms with Gasteiger partial charge in [0.1, 0.15) is 0 Å². The summed E-state index contributed by atoms with van der Waals surface area (Å²) in [5, 5.41) is 17.8. The van der Waals surface area contributed by atoms with Gasteiger partial charge in [-0.15, -0.1) is 0 Å². The van der Waals surface area contributed by atoms with Crippen molar-refractivity contribution in [3.8, 4) is 0 Å². The first-order chi connectivity index (χ1) is 6.24. The second-order valence-electron chi connectivity index (χ2n) is 2.67. The molecular formula is C8H12BNO3. The van der Waals surface area contributed by atoms with Gasteiger partial charge in [0, 0.05) is 18.1 Å². The number of ether oxygens (including phenoxy) is 1. The quantitative estimate of drug-likeness (QED) is 0.571. The average molecular weight is 181 g/mol. The van der Waals surface area contributed by atoms with E-state index in [9.17, 15) is 0 Å². The van der Waals surface area contributed by atoms with Gasteiger partial charge in [0.15, 0.2) is 5.90 Å². The summed E-state index contributed by atoms with van der Waals surface area (Å²) in [6, 6.07) is 0. The van der Waals surface area contributed by atoms with Crippen LogP contribution in [0.2, 0.25) is 0 Å². The first-order valence-corrected chi connectivity index (χ1v) is 4.07. The van der Waals surface area contributed by atoms with E-state index in [1.54, 1.807) is 13.2 Å². The molecule has 0 radical (unpaired) electrons. The zero-order valence-electron chi connectivity index (χ0n) is 7.47. The van der Waals surface area contributed by atoms with Crippen LogP contribution in [0.4, 0.5) is 0 Å². The molecule has 13 heavy (non-hydrogen) atoms. The highest BCUT2D eigenvalue weighted by Gasteiger charge is 2.12. The van der Waals surface area contributed by atoms with Crippen LogP contribution in [-0.4, -0.2) is 30.2 Å². The molecule has 0 fully saturated rings. The molecule has 0 unspecified atom stereocenters. The summed E-state index contributed by atoms with van der Waals surface area (Å²) in [6.45, 7) is 0. The lowest BCUT2D eigenvalue weighted by atomic mass is 9.79. The predicted molar refractivity (Wildman–Crippen MR) is 51.1 cm³/mol. The predicted octanol–water partition coefficient (Wildman–Crippen LogP) is 0.277. The van der Waals surface area contributed by atoms with Crippen molar-refractivity contribution in [2.24, 2.45) is 4.99 Å². The van der Waals surface area contributed by atoms with Crippen molar-refractivity contribution < 1.29 is 14.8 Å². The van der Waals surface area contributed by atoms with E-state index < -0.39 is 7.12 Å². The van der Waals surface area contributed by atoms with Crippen molar-refractivity contribution in [1.29, 1.82) is 0 Å². The topological polar surface area (TPSA) is 62.0 Å². The monoisotopic (exact) mass is 181 g/mol. The highest BCUT2D eigenvalue weighted by Crippen LogP contribution is 2.07. The summed E-state index contributed by atoms with van der Waals surface area (Å²) in [5.41, 5.74) is 0.370. The molecule has 0 spiro atoms. The van der Waals surface area contributed by atoms with E-state index >= 15 is 0 Å². The van der Waals surface area contributed by atoms with Crippen LogP contribution < -0.4 is 0 Å². The summed E-state index contributed by atoms with van der Waals surface area (Å²) in [7, 11) is 0.0729. The lowest BCUT2D eigenvalue weighted by molar-refractivity contribution is 0.390. The molecule has 0 saturated heterocycles. The lowest BCUT2D eigenvalue weighted by Gasteiger charge is -2.05. The number of hydrogen-bond donors (Lipinski definition) is 2. The van der Waals surface area contributed by atoms with Crippen LogP contribution in [-0.2, 0) is 4.74 Å². The average Bonchev–Trinajstić information content (AvgIpc) is 2.03.